The number of fused-ring (bicyclic) bond motifs is 1. The Morgan fingerprint density at radius 2 is 1.89 bits per heavy atom. The van der Waals surface area contributed by atoms with E-state index in [1.807, 2.05) is 13.8 Å². The number of hydrogen-bond acceptors (Lipinski definition) is 5. The maximum absolute atomic E-state index is 12.7. The van der Waals surface area contributed by atoms with E-state index in [1.165, 1.54) is 26.4 Å². The van der Waals surface area contributed by atoms with Crippen molar-refractivity contribution in [3.05, 3.63) is 48.3 Å². The number of para-hydroxylation sites is 1. The first-order valence-corrected chi connectivity index (χ1v) is 9.82. The third kappa shape index (κ3) is 3.56. The number of nitrogens with zero attached hydrogens (tertiary/aromatic N) is 4. The summed E-state index contributed by atoms with van der Waals surface area (Å²) in [4.78, 5) is 17.0. The van der Waals surface area contributed by atoms with Crippen molar-refractivity contribution < 1.29 is 13.2 Å². The third-order valence-corrected chi connectivity index (χ3v) is 5.95. The first kappa shape index (κ1) is 19.0. The summed E-state index contributed by atoms with van der Waals surface area (Å²) in [6.07, 6.45) is 3.12. The van der Waals surface area contributed by atoms with Crippen LogP contribution in [0.25, 0.3) is 11.0 Å². The first-order valence-electron chi connectivity index (χ1n) is 8.38. The Kier molecular flexibility index (Phi) is 4.99. The number of nitrogens with one attached hydrogen (secondary N) is 1. The normalized spacial score (nSPS) is 12.1. The minimum Gasteiger partial charge on any atom is -0.321 e. The molecule has 0 saturated heterocycles. The Balaban J connectivity index is 1.94. The van der Waals surface area contributed by atoms with Crippen molar-refractivity contribution in [2.24, 2.45) is 0 Å². The maximum atomic E-state index is 12.7. The molecule has 0 bridgehead atoms. The highest BCUT2D eigenvalue weighted by Crippen LogP contribution is 2.24. The fourth-order valence-corrected chi connectivity index (χ4v) is 3.67. The molecule has 0 saturated carbocycles. The van der Waals surface area contributed by atoms with E-state index in [9.17, 15) is 13.2 Å². The molecule has 1 aromatic carbocycles. The molecule has 3 aromatic rings. The van der Waals surface area contributed by atoms with Crippen molar-refractivity contribution in [3.8, 4) is 0 Å². The van der Waals surface area contributed by atoms with Crippen molar-refractivity contribution in [1.29, 1.82) is 0 Å². The molecule has 0 spiro atoms. The van der Waals surface area contributed by atoms with Crippen molar-refractivity contribution in [3.63, 3.8) is 0 Å². The Morgan fingerprint density at radius 1 is 1.19 bits per heavy atom. The van der Waals surface area contributed by atoms with Crippen LogP contribution in [0.5, 0.6) is 0 Å². The van der Waals surface area contributed by atoms with Gasteiger partial charge in [0.2, 0.25) is 10.0 Å². The fourth-order valence-electron chi connectivity index (χ4n) is 2.63. The van der Waals surface area contributed by atoms with E-state index in [4.69, 9.17) is 0 Å². The van der Waals surface area contributed by atoms with E-state index >= 15 is 0 Å². The Labute approximate surface area is 157 Å². The van der Waals surface area contributed by atoms with Gasteiger partial charge in [-0.15, -0.1) is 0 Å². The summed E-state index contributed by atoms with van der Waals surface area (Å²) in [5, 5.41) is 7.69. The van der Waals surface area contributed by atoms with Gasteiger partial charge in [-0.05, 0) is 32.0 Å². The van der Waals surface area contributed by atoms with Crippen molar-refractivity contribution in [2.75, 3.05) is 19.4 Å². The molecule has 142 valence electrons. The quantitative estimate of drug-likeness (QED) is 0.725. The van der Waals surface area contributed by atoms with Gasteiger partial charge in [0.05, 0.1) is 17.4 Å². The molecular formula is C18H21N5O3S. The number of rotatable bonds is 5. The van der Waals surface area contributed by atoms with E-state index in [2.05, 4.69) is 15.4 Å². The van der Waals surface area contributed by atoms with Gasteiger partial charge < -0.3 is 5.32 Å². The molecule has 2 heterocycles. The number of carbonyl (C=O) groups is 1. The average Bonchev–Trinajstić information content (AvgIpc) is 3.05. The lowest BCUT2D eigenvalue weighted by Crippen LogP contribution is -2.24. The van der Waals surface area contributed by atoms with Crippen LogP contribution in [-0.4, -0.2) is 47.5 Å². The zero-order chi connectivity index (χ0) is 19.8. The highest BCUT2D eigenvalue weighted by molar-refractivity contribution is 7.89. The lowest BCUT2D eigenvalue weighted by atomic mass is 10.2. The summed E-state index contributed by atoms with van der Waals surface area (Å²) in [5.41, 5.74) is 1.23. The molecule has 0 atom stereocenters. The lowest BCUT2D eigenvalue weighted by molar-refractivity contribution is 0.102. The van der Waals surface area contributed by atoms with Crippen LogP contribution in [-0.2, 0) is 10.0 Å². The van der Waals surface area contributed by atoms with Crippen LogP contribution in [0.3, 0.4) is 0 Å². The van der Waals surface area contributed by atoms with Gasteiger partial charge in [-0.25, -0.2) is 22.4 Å². The van der Waals surface area contributed by atoms with Crippen molar-refractivity contribution in [1.82, 2.24) is 19.1 Å². The van der Waals surface area contributed by atoms with Gasteiger partial charge in [0.25, 0.3) is 5.91 Å². The number of hydrogen-bond donors (Lipinski definition) is 1. The SMILES string of the molecule is CC(C)n1ncc2cc(C(=O)Nc3ccccc3S(=O)(=O)N(C)C)cnc21. The van der Waals surface area contributed by atoms with Crippen LogP contribution in [0.1, 0.15) is 30.2 Å². The molecule has 0 fully saturated rings. The monoisotopic (exact) mass is 387 g/mol. The van der Waals surface area contributed by atoms with Crippen LogP contribution in [0.4, 0.5) is 5.69 Å². The number of amides is 1. The van der Waals surface area contributed by atoms with Gasteiger partial charge in [-0.3, -0.25) is 4.79 Å². The Hall–Kier alpha value is -2.78. The molecule has 27 heavy (non-hydrogen) atoms. The van der Waals surface area contributed by atoms with Gasteiger partial charge in [0.1, 0.15) is 4.90 Å². The van der Waals surface area contributed by atoms with Crippen molar-refractivity contribution >= 4 is 32.7 Å². The van der Waals surface area contributed by atoms with Crippen LogP contribution < -0.4 is 5.32 Å². The molecule has 1 N–H and O–H groups in total. The number of carbonyl (C=O) groups excluding carboxylic acids is 1. The zero-order valence-corrected chi connectivity index (χ0v) is 16.4. The van der Waals surface area contributed by atoms with Crippen LogP contribution in [0.15, 0.2) is 47.6 Å². The second-order valence-corrected chi connectivity index (χ2v) is 8.68. The molecular weight excluding hydrogens is 366 g/mol. The molecule has 8 nitrogen and oxygen atoms in total. The van der Waals surface area contributed by atoms with Gasteiger partial charge in [-0.2, -0.15) is 5.10 Å². The van der Waals surface area contributed by atoms with Crippen LogP contribution in [0.2, 0.25) is 0 Å². The minimum atomic E-state index is -3.69. The molecule has 3 rings (SSSR count). The van der Waals surface area contributed by atoms with Gasteiger partial charge in [-0.1, -0.05) is 12.1 Å². The second kappa shape index (κ2) is 7.09. The summed E-state index contributed by atoms with van der Waals surface area (Å²) < 4.78 is 27.8. The summed E-state index contributed by atoms with van der Waals surface area (Å²) in [6, 6.07) is 8.12. The predicted molar refractivity (Wildman–Crippen MR) is 103 cm³/mol. The van der Waals surface area contributed by atoms with E-state index in [-0.39, 0.29) is 16.6 Å². The predicted octanol–water partition coefficient (Wildman–Crippen LogP) is 2.51. The molecule has 0 unspecified atom stereocenters. The van der Waals surface area contributed by atoms with E-state index < -0.39 is 15.9 Å². The van der Waals surface area contributed by atoms with Gasteiger partial charge >= 0.3 is 0 Å². The highest BCUT2D eigenvalue weighted by Gasteiger charge is 2.22. The first-order chi connectivity index (χ1) is 12.7. The fraction of sp³-hybridized carbons (Fsp3) is 0.278. The Bertz CT molecular complexity index is 1100. The molecule has 9 heteroatoms. The standard InChI is InChI=1S/C18H21N5O3S/c1-12(2)23-17-13(11-20-23)9-14(10-19-17)18(24)21-15-7-5-6-8-16(15)27(25,26)22(3)4/h5-12H,1-4H3,(H,21,24). The zero-order valence-electron chi connectivity index (χ0n) is 15.5. The smallest absolute Gasteiger partial charge is 0.257 e. The summed E-state index contributed by atoms with van der Waals surface area (Å²) in [5.74, 6) is -0.442. The number of pyridine rings is 1. The summed E-state index contributed by atoms with van der Waals surface area (Å²) in [7, 11) is -0.801. The summed E-state index contributed by atoms with van der Waals surface area (Å²) >= 11 is 0. The molecule has 0 aliphatic rings. The molecule has 1 amide bonds. The Morgan fingerprint density at radius 3 is 2.56 bits per heavy atom. The van der Waals surface area contributed by atoms with E-state index in [0.717, 1.165) is 9.69 Å². The van der Waals surface area contributed by atoms with Crippen LogP contribution in [0, 0.1) is 0 Å². The highest BCUT2D eigenvalue weighted by atomic mass is 32.2. The average molecular weight is 387 g/mol. The number of aromatic nitrogens is 3. The van der Waals surface area contributed by atoms with E-state index in [0.29, 0.717) is 11.2 Å². The minimum absolute atomic E-state index is 0.0324. The van der Waals surface area contributed by atoms with Crippen LogP contribution >= 0.6 is 0 Å². The topological polar surface area (TPSA) is 97.2 Å². The lowest BCUT2D eigenvalue weighted by Gasteiger charge is -2.15. The molecule has 0 aliphatic heterocycles. The number of benzene rings is 1. The second-order valence-electron chi connectivity index (χ2n) is 6.56. The maximum Gasteiger partial charge on any atom is 0.257 e. The molecule has 0 aliphatic carbocycles. The van der Waals surface area contributed by atoms with E-state index in [1.54, 1.807) is 35.1 Å². The third-order valence-electron chi connectivity index (χ3n) is 4.08. The molecule has 2 aromatic heterocycles. The number of anilines is 1. The largest absolute Gasteiger partial charge is 0.321 e. The number of sulfonamides is 1. The van der Waals surface area contributed by atoms with Gasteiger partial charge in [0.15, 0.2) is 5.65 Å². The van der Waals surface area contributed by atoms with Gasteiger partial charge in [0, 0.05) is 31.7 Å². The summed E-state index contributed by atoms with van der Waals surface area (Å²) in [6.45, 7) is 3.99. The molecule has 0 radical (unpaired) electrons. The van der Waals surface area contributed by atoms with Crippen molar-refractivity contribution in [2.45, 2.75) is 24.8 Å².